The minimum Gasteiger partial charge on any atom is -0.332 e. The maximum absolute atomic E-state index is 13.3. The second-order valence-electron chi connectivity index (χ2n) is 4.64. The lowest BCUT2D eigenvalue weighted by Gasteiger charge is -2.08. The van der Waals surface area contributed by atoms with Gasteiger partial charge in [0.05, 0.1) is 17.4 Å². The van der Waals surface area contributed by atoms with Crippen LogP contribution < -0.4 is 5.56 Å². The van der Waals surface area contributed by atoms with E-state index in [0.29, 0.717) is 5.52 Å². The highest BCUT2D eigenvalue weighted by atomic mass is 32.1. The summed E-state index contributed by atoms with van der Waals surface area (Å²) in [5.74, 6) is -0.838. The van der Waals surface area contributed by atoms with Crippen molar-refractivity contribution in [2.24, 2.45) is 0 Å². The van der Waals surface area contributed by atoms with Crippen LogP contribution >= 0.6 is 12.2 Å². The SMILES string of the molecule is O=c1c2cc(F)ccc2[nH]c(=S)n1Cc1ccc(F)cc1. The zero-order valence-corrected chi connectivity index (χ0v) is 11.6. The Labute approximate surface area is 123 Å². The van der Waals surface area contributed by atoms with Crippen molar-refractivity contribution >= 4 is 23.1 Å². The molecule has 0 bridgehead atoms. The summed E-state index contributed by atoms with van der Waals surface area (Å²) in [5.41, 5.74) is 0.841. The Morgan fingerprint density at radius 3 is 2.43 bits per heavy atom. The lowest BCUT2D eigenvalue weighted by molar-refractivity contribution is 0.625. The van der Waals surface area contributed by atoms with Gasteiger partial charge >= 0.3 is 0 Å². The van der Waals surface area contributed by atoms with E-state index in [4.69, 9.17) is 12.2 Å². The first-order chi connectivity index (χ1) is 10.0. The van der Waals surface area contributed by atoms with Crippen LogP contribution in [0.2, 0.25) is 0 Å². The third-order valence-corrected chi connectivity index (χ3v) is 3.52. The smallest absolute Gasteiger partial charge is 0.262 e. The highest BCUT2D eigenvalue weighted by Crippen LogP contribution is 2.10. The predicted octanol–water partition coefficient (Wildman–Crippen LogP) is 3.39. The summed E-state index contributed by atoms with van der Waals surface area (Å²) in [6, 6.07) is 9.69. The standard InChI is InChI=1S/C15H10F2N2OS/c16-10-3-1-9(2-4-10)8-19-14(20)12-7-11(17)5-6-13(12)18-15(19)21/h1-7H,8H2,(H,18,21). The van der Waals surface area contributed by atoms with E-state index in [9.17, 15) is 13.6 Å². The molecule has 0 aliphatic rings. The Morgan fingerprint density at radius 2 is 1.71 bits per heavy atom. The van der Waals surface area contributed by atoms with Gasteiger partial charge in [0.15, 0.2) is 4.77 Å². The monoisotopic (exact) mass is 304 g/mol. The highest BCUT2D eigenvalue weighted by molar-refractivity contribution is 7.71. The molecule has 21 heavy (non-hydrogen) atoms. The summed E-state index contributed by atoms with van der Waals surface area (Å²) in [5, 5.41) is 0.228. The van der Waals surface area contributed by atoms with Crippen LogP contribution in [-0.2, 0) is 6.54 Å². The molecular weight excluding hydrogens is 294 g/mol. The third-order valence-electron chi connectivity index (χ3n) is 3.20. The largest absolute Gasteiger partial charge is 0.332 e. The molecule has 0 unspecified atom stereocenters. The Bertz CT molecular complexity index is 929. The number of fused-ring (bicyclic) bond motifs is 1. The second kappa shape index (κ2) is 5.21. The van der Waals surface area contributed by atoms with E-state index in [2.05, 4.69) is 4.98 Å². The van der Waals surface area contributed by atoms with Gasteiger partial charge in [0.25, 0.3) is 5.56 Å². The van der Waals surface area contributed by atoms with Crippen LogP contribution in [0.15, 0.2) is 47.3 Å². The lowest BCUT2D eigenvalue weighted by Crippen LogP contribution is -2.22. The topological polar surface area (TPSA) is 37.8 Å². The predicted molar refractivity (Wildman–Crippen MR) is 78.9 cm³/mol. The average molecular weight is 304 g/mol. The van der Waals surface area contributed by atoms with Gasteiger partial charge in [-0.15, -0.1) is 0 Å². The summed E-state index contributed by atoms with van der Waals surface area (Å²) in [6.07, 6.45) is 0. The second-order valence-corrected chi connectivity index (χ2v) is 5.02. The van der Waals surface area contributed by atoms with Crippen molar-refractivity contribution in [2.45, 2.75) is 6.54 Å². The van der Waals surface area contributed by atoms with Crippen molar-refractivity contribution in [3.8, 4) is 0 Å². The molecule has 0 saturated carbocycles. The molecule has 0 fully saturated rings. The molecule has 6 heteroatoms. The Hall–Kier alpha value is -2.34. The van der Waals surface area contributed by atoms with E-state index >= 15 is 0 Å². The number of H-pyrrole nitrogens is 1. The Morgan fingerprint density at radius 1 is 1.05 bits per heavy atom. The molecule has 3 rings (SSSR count). The van der Waals surface area contributed by atoms with E-state index in [1.165, 1.54) is 34.9 Å². The first-order valence-electron chi connectivity index (χ1n) is 6.21. The molecule has 0 atom stereocenters. The Kier molecular flexibility index (Phi) is 3.39. The van der Waals surface area contributed by atoms with Gasteiger partial charge in [0.1, 0.15) is 11.6 Å². The number of aromatic amines is 1. The Balaban J connectivity index is 2.16. The van der Waals surface area contributed by atoms with Crippen LogP contribution in [0.4, 0.5) is 8.78 Å². The van der Waals surface area contributed by atoms with E-state index < -0.39 is 5.82 Å². The zero-order valence-electron chi connectivity index (χ0n) is 10.8. The van der Waals surface area contributed by atoms with Crippen LogP contribution in [0.5, 0.6) is 0 Å². The van der Waals surface area contributed by atoms with Gasteiger partial charge in [0, 0.05) is 0 Å². The van der Waals surface area contributed by atoms with Crippen molar-refractivity contribution in [1.29, 1.82) is 0 Å². The maximum Gasteiger partial charge on any atom is 0.262 e. The molecule has 0 spiro atoms. The first-order valence-corrected chi connectivity index (χ1v) is 6.62. The van der Waals surface area contributed by atoms with E-state index in [0.717, 1.165) is 5.56 Å². The molecule has 0 saturated heterocycles. The van der Waals surface area contributed by atoms with Gasteiger partial charge in [-0.2, -0.15) is 0 Å². The molecule has 106 valence electrons. The summed E-state index contributed by atoms with van der Waals surface area (Å²) in [7, 11) is 0. The third kappa shape index (κ3) is 2.62. The highest BCUT2D eigenvalue weighted by Gasteiger charge is 2.07. The zero-order chi connectivity index (χ0) is 15.0. The van der Waals surface area contributed by atoms with Crippen molar-refractivity contribution in [2.75, 3.05) is 0 Å². The molecule has 0 aliphatic heterocycles. The van der Waals surface area contributed by atoms with E-state index in [1.54, 1.807) is 12.1 Å². The maximum atomic E-state index is 13.3. The molecule has 1 heterocycles. The van der Waals surface area contributed by atoms with Gasteiger partial charge < -0.3 is 4.98 Å². The fourth-order valence-corrected chi connectivity index (χ4v) is 2.40. The van der Waals surface area contributed by atoms with Crippen molar-refractivity contribution in [3.05, 3.63) is 74.8 Å². The summed E-state index contributed by atoms with van der Waals surface area (Å²) >= 11 is 5.16. The lowest BCUT2D eigenvalue weighted by atomic mass is 10.2. The molecule has 2 aromatic carbocycles. The number of aromatic nitrogens is 2. The quantitative estimate of drug-likeness (QED) is 0.737. The molecule has 0 aliphatic carbocycles. The molecule has 1 N–H and O–H groups in total. The molecule has 1 aromatic heterocycles. The van der Waals surface area contributed by atoms with Gasteiger partial charge in [-0.3, -0.25) is 9.36 Å². The molecule has 0 amide bonds. The van der Waals surface area contributed by atoms with Gasteiger partial charge in [-0.05, 0) is 48.1 Å². The number of nitrogens with one attached hydrogen (secondary N) is 1. The number of nitrogens with zero attached hydrogens (tertiary/aromatic N) is 1. The van der Waals surface area contributed by atoms with Crippen LogP contribution in [0, 0.1) is 16.4 Å². The van der Waals surface area contributed by atoms with Crippen LogP contribution in [0.3, 0.4) is 0 Å². The minimum atomic E-state index is -0.488. The van der Waals surface area contributed by atoms with Crippen LogP contribution in [0.25, 0.3) is 10.9 Å². The number of halogens is 2. The molecule has 3 aromatic rings. The first kappa shape index (κ1) is 13.6. The summed E-state index contributed by atoms with van der Waals surface area (Å²) in [6.45, 7) is 0.195. The average Bonchev–Trinajstić information content (AvgIpc) is 2.46. The van der Waals surface area contributed by atoms with Crippen molar-refractivity contribution in [3.63, 3.8) is 0 Å². The molecular formula is C15H10F2N2OS. The van der Waals surface area contributed by atoms with Crippen molar-refractivity contribution in [1.82, 2.24) is 9.55 Å². The normalized spacial score (nSPS) is 11.0. The fraction of sp³-hybridized carbons (Fsp3) is 0.0667. The van der Waals surface area contributed by atoms with E-state index in [1.807, 2.05) is 0 Å². The summed E-state index contributed by atoms with van der Waals surface area (Å²) in [4.78, 5) is 15.3. The van der Waals surface area contributed by atoms with Gasteiger partial charge in [-0.1, -0.05) is 12.1 Å². The van der Waals surface area contributed by atoms with Crippen LogP contribution in [0.1, 0.15) is 5.56 Å². The summed E-state index contributed by atoms with van der Waals surface area (Å²) < 4.78 is 27.8. The number of rotatable bonds is 2. The molecule has 0 radical (unpaired) electrons. The van der Waals surface area contributed by atoms with Gasteiger partial charge in [-0.25, -0.2) is 8.78 Å². The number of hydrogen-bond donors (Lipinski definition) is 1. The van der Waals surface area contributed by atoms with Crippen LogP contribution in [-0.4, -0.2) is 9.55 Å². The fourth-order valence-electron chi connectivity index (χ4n) is 2.14. The number of benzene rings is 2. The molecule has 3 nitrogen and oxygen atoms in total. The minimum absolute atomic E-state index is 0.195. The number of hydrogen-bond acceptors (Lipinski definition) is 2. The van der Waals surface area contributed by atoms with E-state index in [-0.39, 0.29) is 28.1 Å². The van der Waals surface area contributed by atoms with Crippen molar-refractivity contribution < 1.29 is 8.78 Å². The van der Waals surface area contributed by atoms with Gasteiger partial charge in [0.2, 0.25) is 0 Å².